The first kappa shape index (κ1) is 14.3. The van der Waals surface area contributed by atoms with Crippen LogP contribution in [0.2, 0.25) is 0 Å². The largest absolute Gasteiger partial charge is 0.374 e. The van der Waals surface area contributed by atoms with E-state index in [-0.39, 0.29) is 13.2 Å². The monoisotopic (exact) mass is 374 g/mol. The number of fused-ring (bicyclic) bond motifs is 1. The molecule has 0 spiro atoms. The predicted octanol–water partition coefficient (Wildman–Crippen LogP) is 3.67. The zero-order valence-corrected chi connectivity index (χ0v) is 15.4. The Hall–Kier alpha value is -1.76. The van der Waals surface area contributed by atoms with Crippen LogP contribution in [0.15, 0.2) is 60.7 Å². The molecule has 144 valence electrons. The Morgan fingerprint density at radius 2 is 1.59 bits per heavy atom. The standard InChI is InChI=1S/C22H26O5/c1-22(2)26-20-19(24-14-17-11-7-4-8-12-17)18(25-21(20)27-22)15-23-13-16-9-5-3-6-10-16/h3-12,18-21H,13-15H2,1-2H3/t18-,19-,20-,21-/m1/s1/i15D2,18D,19D. The van der Waals surface area contributed by atoms with E-state index < -0.39 is 36.9 Å². The smallest absolute Gasteiger partial charge is 0.190 e. The minimum atomic E-state index is -2.71. The molecular formula is C22H26O5. The van der Waals surface area contributed by atoms with Crippen LogP contribution in [0.4, 0.5) is 0 Å². The van der Waals surface area contributed by atoms with E-state index in [4.69, 9.17) is 29.2 Å². The van der Waals surface area contributed by atoms with Crippen LogP contribution in [-0.2, 0) is 36.9 Å². The van der Waals surface area contributed by atoms with Crippen LogP contribution in [0.3, 0.4) is 0 Å². The molecule has 0 N–H and O–H groups in total. The zero-order valence-electron chi connectivity index (χ0n) is 19.4. The Labute approximate surface area is 165 Å². The van der Waals surface area contributed by atoms with Crippen molar-refractivity contribution in [2.75, 3.05) is 6.56 Å². The highest BCUT2D eigenvalue weighted by atomic mass is 16.8. The minimum absolute atomic E-state index is 0.0316. The Bertz CT molecular complexity index is 897. The number of hydrogen-bond donors (Lipinski definition) is 0. The summed E-state index contributed by atoms with van der Waals surface area (Å²) in [5.74, 6) is -1.06. The third kappa shape index (κ3) is 4.57. The van der Waals surface area contributed by atoms with Gasteiger partial charge in [-0.3, -0.25) is 0 Å². The van der Waals surface area contributed by atoms with Gasteiger partial charge in [-0.05, 0) is 25.0 Å². The lowest BCUT2D eigenvalue weighted by molar-refractivity contribution is -0.225. The summed E-state index contributed by atoms with van der Waals surface area (Å²) in [6.07, 6.45) is -7.12. The molecule has 2 aromatic carbocycles. The average Bonchev–Trinajstić information content (AvgIpc) is 3.15. The number of rotatable bonds is 7. The van der Waals surface area contributed by atoms with Crippen molar-refractivity contribution < 1.29 is 29.2 Å². The fraction of sp³-hybridized carbons (Fsp3) is 0.455. The molecule has 4 rings (SSSR count). The lowest BCUT2D eigenvalue weighted by atomic mass is 10.1. The first-order chi connectivity index (χ1) is 14.6. The molecule has 27 heavy (non-hydrogen) atoms. The van der Waals surface area contributed by atoms with Crippen molar-refractivity contribution in [2.24, 2.45) is 0 Å². The van der Waals surface area contributed by atoms with Gasteiger partial charge in [0.25, 0.3) is 0 Å². The molecule has 5 nitrogen and oxygen atoms in total. The molecule has 2 fully saturated rings. The Morgan fingerprint density at radius 1 is 0.963 bits per heavy atom. The third-order valence-electron chi connectivity index (χ3n) is 4.26. The molecule has 4 atom stereocenters. The molecule has 0 aliphatic carbocycles. The Balaban J connectivity index is 1.61. The molecule has 2 aromatic rings. The van der Waals surface area contributed by atoms with Crippen LogP contribution >= 0.6 is 0 Å². The van der Waals surface area contributed by atoms with Gasteiger partial charge in [0.2, 0.25) is 0 Å². The van der Waals surface area contributed by atoms with Crippen molar-refractivity contribution in [3.8, 4) is 0 Å². The van der Waals surface area contributed by atoms with Gasteiger partial charge in [0.1, 0.15) is 18.3 Å². The Kier molecular flexibility index (Phi) is 4.27. The van der Waals surface area contributed by atoms with Crippen LogP contribution in [0, 0.1) is 0 Å². The van der Waals surface area contributed by atoms with Gasteiger partial charge in [0, 0.05) is 0 Å². The van der Waals surface area contributed by atoms with Gasteiger partial charge in [-0.1, -0.05) is 60.7 Å². The van der Waals surface area contributed by atoms with Gasteiger partial charge >= 0.3 is 0 Å². The second-order valence-corrected chi connectivity index (χ2v) is 6.89. The minimum Gasteiger partial charge on any atom is -0.374 e. The molecule has 0 bridgehead atoms. The van der Waals surface area contributed by atoms with E-state index in [2.05, 4.69) is 0 Å². The predicted molar refractivity (Wildman–Crippen MR) is 99.8 cm³/mol. The van der Waals surface area contributed by atoms with Crippen molar-refractivity contribution in [1.29, 1.82) is 0 Å². The van der Waals surface area contributed by atoms with Gasteiger partial charge in [-0.2, -0.15) is 0 Å². The normalized spacial score (nSPS) is 37.1. The van der Waals surface area contributed by atoms with Crippen molar-refractivity contribution >= 4 is 0 Å². The highest BCUT2D eigenvalue weighted by molar-refractivity contribution is 5.14. The summed E-state index contributed by atoms with van der Waals surface area (Å²) in [6.45, 7) is 0.491. The number of hydrogen-bond acceptors (Lipinski definition) is 5. The SMILES string of the molecule is [2H]C([2H])(OCc1ccccc1)[C@@]1([2H])O[C@@H]2OC(C)(C)O[C@@H]2[C@]1([2H])OCc1ccccc1. The van der Waals surface area contributed by atoms with Crippen LogP contribution in [0.5, 0.6) is 0 Å². The van der Waals surface area contributed by atoms with Crippen LogP contribution < -0.4 is 0 Å². The van der Waals surface area contributed by atoms with E-state index in [1.54, 1.807) is 26.0 Å². The highest BCUT2D eigenvalue weighted by Crippen LogP contribution is 2.39. The molecule has 2 aliphatic rings. The zero-order chi connectivity index (χ0) is 22.3. The Morgan fingerprint density at radius 3 is 2.26 bits per heavy atom. The number of ether oxygens (including phenoxy) is 5. The molecule has 2 heterocycles. The maximum Gasteiger partial charge on any atom is 0.190 e. The van der Waals surface area contributed by atoms with E-state index in [1.807, 2.05) is 48.5 Å². The molecule has 0 unspecified atom stereocenters. The second kappa shape index (κ2) is 8.09. The van der Waals surface area contributed by atoms with E-state index in [0.29, 0.717) is 0 Å². The summed E-state index contributed by atoms with van der Waals surface area (Å²) < 4.78 is 63.5. The number of benzene rings is 2. The van der Waals surface area contributed by atoms with Crippen LogP contribution in [0.25, 0.3) is 0 Å². The fourth-order valence-corrected chi connectivity index (χ4v) is 3.01. The van der Waals surface area contributed by atoms with Crippen LogP contribution in [-0.4, -0.2) is 36.9 Å². The van der Waals surface area contributed by atoms with Gasteiger partial charge in [0.05, 0.1) is 25.3 Å². The van der Waals surface area contributed by atoms with E-state index in [1.165, 1.54) is 0 Å². The quantitative estimate of drug-likeness (QED) is 0.740. The summed E-state index contributed by atoms with van der Waals surface area (Å²) >= 11 is 0. The first-order valence-corrected chi connectivity index (χ1v) is 8.96. The van der Waals surface area contributed by atoms with Crippen molar-refractivity contribution in [1.82, 2.24) is 0 Å². The molecular weight excluding hydrogens is 344 g/mol. The van der Waals surface area contributed by atoms with E-state index in [9.17, 15) is 0 Å². The van der Waals surface area contributed by atoms with Gasteiger partial charge in [-0.25, -0.2) is 0 Å². The maximum atomic E-state index is 9.07. The van der Waals surface area contributed by atoms with Gasteiger partial charge in [-0.15, -0.1) is 0 Å². The summed E-state index contributed by atoms with van der Waals surface area (Å²) in [7, 11) is 0. The molecule has 0 saturated carbocycles. The lowest BCUT2D eigenvalue weighted by Crippen LogP contribution is -2.38. The highest BCUT2D eigenvalue weighted by Gasteiger charge is 2.55. The van der Waals surface area contributed by atoms with Crippen molar-refractivity contribution in [3.63, 3.8) is 0 Å². The summed E-state index contributed by atoms with van der Waals surface area (Å²) in [4.78, 5) is 0. The van der Waals surface area contributed by atoms with E-state index >= 15 is 0 Å². The van der Waals surface area contributed by atoms with Gasteiger partial charge in [0.15, 0.2) is 12.1 Å². The molecule has 2 aliphatic heterocycles. The topological polar surface area (TPSA) is 46.2 Å². The average molecular weight is 374 g/mol. The summed E-state index contributed by atoms with van der Waals surface area (Å²) in [5, 5.41) is 0. The summed E-state index contributed by atoms with van der Waals surface area (Å²) in [5.41, 5.74) is 1.49. The second-order valence-electron chi connectivity index (χ2n) is 6.89. The third-order valence-corrected chi connectivity index (χ3v) is 4.26. The van der Waals surface area contributed by atoms with Crippen molar-refractivity contribution in [3.05, 3.63) is 71.8 Å². The fourth-order valence-electron chi connectivity index (χ4n) is 3.01. The van der Waals surface area contributed by atoms with E-state index in [0.717, 1.165) is 11.1 Å². The van der Waals surface area contributed by atoms with Gasteiger partial charge < -0.3 is 23.7 Å². The molecule has 0 amide bonds. The van der Waals surface area contributed by atoms with Crippen molar-refractivity contribution in [2.45, 2.75) is 57.4 Å². The molecule has 0 aromatic heterocycles. The molecule has 0 radical (unpaired) electrons. The first-order valence-electron chi connectivity index (χ1n) is 11.0. The molecule has 5 heteroatoms. The molecule has 2 saturated heterocycles. The maximum absolute atomic E-state index is 9.07. The lowest BCUT2D eigenvalue weighted by Gasteiger charge is -2.26. The van der Waals surface area contributed by atoms with Crippen LogP contribution in [0.1, 0.15) is 30.5 Å². The summed E-state index contributed by atoms with van der Waals surface area (Å²) in [6, 6.07) is 18.2.